The molecule has 1 aliphatic carbocycles. The summed E-state index contributed by atoms with van der Waals surface area (Å²) in [5, 5.41) is 4.08. The maximum absolute atomic E-state index is 13.0. The Morgan fingerprint density at radius 2 is 2.03 bits per heavy atom. The number of carbonyl (C=O) groups excluding carboxylic acids is 1. The minimum Gasteiger partial charge on any atom is -0.368 e. The molecule has 1 aliphatic heterocycles. The van der Waals surface area contributed by atoms with Gasteiger partial charge in [-0.15, -0.1) is 0 Å². The van der Waals surface area contributed by atoms with Gasteiger partial charge in [0.05, 0.1) is 41.4 Å². The number of aryl methyl sites for hydroxylation is 2. The van der Waals surface area contributed by atoms with E-state index in [1.165, 1.54) is 0 Å². The van der Waals surface area contributed by atoms with Crippen LogP contribution in [-0.2, 0) is 11.2 Å². The SMILES string of the molecule is CCc1onc(C)c1-c1cccc([C@@H]2CN(C(=O)c3cnc(C4CC4)nc3)CCO2)n1. The van der Waals surface area contributed by atoms with Gasteiger partial charge in [0.2, 0.25) is 0 Å². The van der Waals surface area contributed by atoms with Crippen molar-refractivity contribution in [3.05, 3.63) is 59.1 Å². The van der Waals surface area contributed by atoms with Gasteiger partial charge in [-0.1, -0.05) is 18.1 Å². The summed E-state index contributed by atoms with van der Waals surface area (Å²) in [7, 11) is 0. The smallest absolute Gasteiger partial charge is 0.257 e. The van der Waals surface area contributed by atoms with Gasteiger partial charge in [-0.25, -0.2) is 15.0 Å². The van der Waals surface area contributed by atoms with Crippen LogP contribution >= 0.6 is 0 Å². The highest BCUT2D eigenvalue weighted by atomic mass is 16.5. The van der Waals surface area contributed by atoms with Crippen molar-refractivity contribution in [2.24, 2.45) is 0 Å². The third-order valence-electron chi connectivity index (χ3n) is 5.83. The number of rotatable bonds is 5. The van der Waals surface area contributed by atoms with Crippen molar-refractivity contribution in [1.29, 1.82) is 0 Å². The molecule has 0 bridgehead atoms. The number of carbonyl (C=O) groups is 1. The molecule has 1 saturated heterocycles. The number of pyridine rings is 1. The van der Waals surface area contributed by atoms with E-state index >= 15 is 0 Å². The number of hydrogen-bond donors (Lipinski definition) is 0. The summed E-state index contributed by atoms with van der Waals surface area (Å²) >= 11 is 0. The lowest BCUT2D eigenvalue weighted by Crippen LogP contribution is -2.42. The first-order valence-corrected chi connectivity index (χ1v) is 10.8. The second kappa shape index (κ2) is 8.19. The van der Waals surface area contributed by atoms with E-state index in [0.29, 0.717) is 31.2 Å². The average Bonchev–Trinajstić information content (AvgIpc) is 3.60. The van der Waals surface area contributed by atoms with Crippen molar-refractivity contribution < 1.29 is 14.1 Å². The zero-order chi connectivity index (χ0) is 21.4. The fourth-order valence-corrected chi connectivity index (χ4v) is 3.95. The largest absolute Gasteiger partial charge is 0.368 e. The molecule has 160 valence electrons. The molecule has 0 radical (unpaired) electrons. The molecule has 3 aromatic rings. The number of morpholine rings is 1. The van der Waals surface area contributed by atoms with Crippen LogP contribution in [0.1, 0.15) is 65.1 Å². The van der Waals surface area contributed by atoms with Gasteiger partial charge in [-0.05, 0) is 31.9 Å². The van der Waals surface area contributed by atoms with Crippen molar-refractivity contribution in [2.45, 2.75) is 45.1 Å². The highest BCUT2D eigenvalue weighted by Gasteiger charge is 2.29. The third-order valence-corrected chi connectivity index (χ3v) is 5.83. The van der Waals surface area contributed by atoms with Crippen LogP contribution in [0, 0.1) is 6.92 Å². The van der Waals surface area contributed by atoms with E-state index in [2.05, 4.69) is 15.1 Å². The van der Waals surface area contributed by atoms with Crippen molar-refractivity contribution in [3.8, 4) is 11.3 Å². The Bertz CT molecular complexity index is 1090. The molecule has 31 heavy (non-hydrogen) atoms. The number of aromatic nitrogens is 4. The average molecular weight is 419 g/mol. The Labute approximate surface area is 180 Å². The van der Waals surface area contributed by atoms with Gasteiger partial charge in [-0.3, -0.25) is 4.79 Å². The standard InChI is InChI=1S/C23H25N5O3/c1-3-19-21(14(2)27-31-19)18-6-4-5-17(26-18)20-13-28(9-10-30-20)23(29)16-11-24-22(25-12-16)15-7-8-15/h4-6,11-12,15,20H,3,7-10,13H2,1-2H3/t20-/m0/s1. The molecule has 2 aliphatic rings. The summed E-state index contributed by atoms with van der Waals surface area (Å²) in [6.45, 7) is 5.37. The predicted octanol–water partition coefficient (Wildman–Crippen LogP) is 3.49. The van der Waals surface area contributed by atoms with E-state index < -0.39 is 0 Å². The fraction of sp³-hybridized carbons (Fsp3) is 0.435. The Morgan fingerprint density at radius 3 is 2.77 bits per heavy atom. The van der Waals surface area contributed by atoms with Gasteiger partial charge in [0.1, 0.15) is 17.7 Å². The lowest BCUT2D eigenvalue weighted by molar-refractivity contribution is -0.0247. The molecule has 8 nitrogen and oxygen atoms in total. The maximum atomic E-state index is 13.0. The first-order chi connectivity index (χ1) is 15.1. The number of amides is 1. The minimum atomic E-state index is -0.297. The van der Waals surface area contributed by atoms with E-state index in [4.69, 9.17) is 14.2 Å². The monoisotopic (exact) mass is 419 g/mol. The quantitative estimate of drug-likeness (QED) is 0.625. The Balaban J connectivity index is 1.34. The van der Waals surface area contributed by atoms with Crippen LogP contribution in [-0.4, -0.2) is 50.6 Å². The summed E-state index contributed by atoms with van der Waals surface area (Å²) in [5.41, 5.74) is 3.86. The van der Waals surface area contributed by atoms with Crippen molar-refractivity contribution in [3.63, 3.8) is 0 Å². The van der Waals surface area contributed by atoms with Gasteiger partial charge in [0, 0.05) is 31.3 Å². The lowest BCUT2D eigenvalue weighted by atomic mass is 10.1. The second-order valence-corrected chi connectivity index (χ2v) is 8.08. The first-order valence-electron chi connectivity index (χ1n) is 10.8. The third kappa shape index (κ3) is 3.95. The Kier molecular flexibility index (Phi) is 5.23. The van der Waals surface area contributed by atoms with E-state index in [1.807, 2.05) is 32.0 Å². The summed E-state index contributed by atoms with van der Waals surface area (Å²) in [6, 6.07) is 5.84. The Hall–Kier alpha value is -3.13. The maximum Gasteiger partial charge on any atom is 0.257 e. The van der Waals surface area contributed by atoms with Crippen LogP contribution in [0.2, 0.25) is 0 Å². The number of ether oxygens (including phenoxy) is 1. The summed E-state index contributed by atoms with van der Waals surface area (Å²) in [6.07, 6.45) is 6.01. The van der Waals surface area contributed by atoms with Crippen LogP contribution < -0.4 is 0 Å². The molecule has 2 fully saturated rings. The first kappa shape index (κ1) is 19.8. The van der Waals surface area contributed by atoms with Gasteiger partial charge < -0.3 is 14.2 Å². The molecule has 1 saturated carbocycles. The number of hydrogen-bond acceptors (Lipinski definition) is 7. The van der Waals surface area contributed by atoms with Gasteiger partial charge in [-0.2, -0.15) is 0 Å². The second-order valence-electron chi connectivity index (χ2n) is 8.08. The van der Waals surface area contributed by atoms with Gasteiger partial charge in [0.25, 0.3) is 5.91 Å². The van der Waals surface area contributed by atoms with E-state index in [1.54, 1.807) is 17.3 Å². The molecule has 8 heteroatoms. The summed E-state index contributed by atoms with van der Waals surface area (Å²) in [5.74, 6) is 2.05. The van der Waals surface area contributed by atoms with E-state index in [9.17, 15) is 4.79 Å². The van der Waals surface area contributed by atoms with Crippen molar-refractivity contribution >= 4 is 5.91 Å². The zero-order valence-electron chi connectivity index (χ0n) is 17.7. The van der Waals surface area contributed by atoms with Gasteiger partial charge >= 0.3 is 0 Å². The highest BCUT2D eigenvalue weighted by molar-refractivity contribution is 5.93. The zero-order valence-corrected chi connectivity index (χ0v) is 17.7. The molecule has 0 N–H and O–H groups in total. The Morgan fingerprint density at radius 1 is 1.23 bits per heavy atom. The van der Waals surface area contributed by atoms with Gasteiger partial charge in [0.15, 0.2) is 0 Å². The van der Waals surface area contributed by atoms with Crippen molar-refractivity contribution in [1.82, 2.24) is 25.0 Å². The van der Waals surface area contributed by atoms with Crippen LogP contribution in [0.4, 0.5) is 0 Å². The molecule has 5 rings (SSSR count). The van der Waals surface area contributed by atoms with Crippen LogP contribution in [0.25, 0.3) is 11.3 Å². The van der Waals surface area contributed by atoms with Crippen LogP contribution in [0.3, 0.4) is 0 Å². The molecular weight excluding hydrogens is 394 g/mol. The summed E-state index contributed by atoms with van der Waals surface area (Å²) < 4.78 is 11.4. The van der Waals surface area contributed by atoms with Crippen molar-refractivity contribution in [2.75, 3.05) is 19.7 Å². The molecule has 1 amide bonds. The minimum absolute atomic E-state index is 0.0741. The molecule has 1 atom stereocenters. The highest BCUT2D eigenvalue weighted by Crippen LogP contribution is 2.37. The molecular formula is C23H25N5O3. The predicted molar refractivity (Wildman–Crippen MR) is 112 cm³/mol. The molecule has 3 aromatic heterocycles. The summed E-state index contributed by atoms with van der Waals surface area (Å²) in [4.78, 5) is 28.4. The van der Waals surface area contributed by atoms with E-state index in [-0.39, 0.29) is 12.0 Å². The van der Waals surface area contributed by atoms with Crippen LogP contribution in [0.15, 0.2) is 35.1 Å². The fourth-order valence-electron chi connectivity index (χ4n) is 3.95. The van der Waals surface area contributed by atoms with E-state index in [0.717, 1.165) is 53.5 Å². The molecule has 4 heterocycles. The topological polar surface area (TPSA) is 94.2 Å². The normalized spacial score (nSPS) is 18.9. The molecule has 0 unspecified atom stereocenters. The number of nitrogens with zero attached hydrogens (tertiary/aromatic N) is 5. The molecule has 0 aromatic carbocycles. The molecule has 0 spiro atoms. The lowest BCUT2D eigenvalue weighted by Gasteiger charge is -2.32. The van der Waals surface area contributed by atoms with Crippen LogP contribution in [0.5, 0.6) is 0 Å².